The van der Waals surface area contributed by atoms with Crippen LogP contribution in [0.3, 0.4) is 0 Å². The number of methoxy groups -OCH3 is 1. The van der Waals surface area contributed by atoms with Crippen LogP contribution in [0.1, 0.15) is 22.3 Å². The molecule has 5 heteroatoms. The molecule has 0 aliphatic carbocycles. The first-order valence-electron chi connectivity index (χ1n) is 6.49. The zero-order valence-corrected chi connectivity index (χ0v) is 11.1. The molecule has 102 valence electrons. The van der Waals surface area contributed by atoms with E-state index in [2.05, 4.69) is 20.4 Å². The molecule has 1 aromatic carbocycles. The molecule has 0 spiro atoms. The SMILES string of the molecule is COC(=O)c1ccc(CCNC2=NCCCN2)cc1. The van der Waals surface area contributed by atoms with Crippen molar-refractivity contribution in [3.63, 3.8) is 0 Å². The minimum Gasteiger partial charge on any atom is -0.465 e. The number of carbonyl (C=O) groups excluding carboxylic acids is 1. The average Bonchev–Trinajstić information content (AvgIpc) is 2.48. The van der Waals surface area contributed by atoms with Gasteiger partial charge in [0, 0.05) is 19.6 Å². The number of ether oxygens (including phenoxy) is 1. The standard InChI is InChI=1S/C14H19N3O2/c1-19-13(18)12-5-3-11(4-6-12)7-10-17-14-15-8-2-9-16-14/h3-6H,2,7-10H2,1H3,(H2,15,16,17). The first-order valence-corrected chi connectivity index (χ1v) is 6.49. The van der Waals surface area contributed by atoms with E-state index >= 15 is 0 Å². The molecule has 2 rings (SSSR count). The van der Waals surface area contributed by atoms with Gasteiger partial charge in [-0.2, -0.15) is 0 Å². The third kappa shape index (κ3) is 3.98. The van der Waals surface area contributed by atoms with Crippen LogP contribution in [0.4, 0.5) is 0 Å². The highest BCUT2D eigenvalue weighted by Crippen LogP contribution is 2.06. The Morgan fingerprint density at radius 2 is 2.21 bits per heavy atom. The summed E-state index contributed by atoms with van der Waals surface area (Å²) in [4.78, 5) is 15.6. The molecule has 0 amide bonds. The van der Waals surface area contributed by atoms with Crippen LogP contribution in [-0.2, 0) is 11.2 Å². The fraction of sp³-hybridized carbons (Fsp3) is 0.429. The van der Waals surface area contributed by atoms with Gasteiger partial charge in [-0.15, -0.1) is 0 Å². The number of esters is 1. The van der Waals surface area contributed by atoms with Crippen LogP contribution in [0.2, 0.25) is 0 Å². The molecule has 0 fully saturated rings. The maximum atomic E-state index is 11.3. The van der Waals surface area contributed by atoms with E-state index in [1.54, 1.807) is 12.1 Å². The van der Waals surface area contributed by atoms with Crippen molar-refractivity contribution >= 4 is 11.9 Å². The van der Waals surface area contributed by atoms with Crippen molar-refractivity contribution in [1.82, 2.24) is 10.6 Å². The van der Waals surface area contributed by atoms with Gasteiger partial charge in [-0.1, -0.05) is 12.1 Å². The summed E-state index contributed by atoms with van der Waals surface area (Å²) in [5.74, 6) is 0.586. The predicted octanol–water partition coefficient (Wildman–Crippen LogP) is 0.955. The normalized spacial score (nSPS) is 14.3. The van der Waals surface area contributed by atoms with Crippen molar-refractivity contribution in [2.24, 2.45) is 4.99 Å². The van der Waals surface area contributed by atoms with Crippen LogP contribution in [0.15, 0.2) is 29.3 Å². The number of nitrogens with one attached hydrogen (secondary N) is 2. The van der Waals surface area contributed by atoms with Gasteiger partial charge in [0.25, 0.3) is 0 Å². The maximum absolute atomic E-state index is 11.3. The zero-order chi connectivity index (χ0) is 13.5. The molecule has 0 saturated carbocycles. The van der Waals surface area contributed by atoms with E-state index in [1.807, 2.05) is 12.1 Å². The number of benzene rings is 1. The van der Waals surface area contributed by atoms with Gasteiger partial charge >= 0.3 is 5.97 Å². The van der Waals surface area contributed by atoms with E-state index in [1.165, 1.54) is 12.7 Å². The summed E-state index contributed by atoms with van der Waals surface area (Å²) >= 11 is 0. The summed E-state index contributed by atoms with van der Waals surface area (Å²) in [5, 5.41) is 6.48. The van der Waals surface area contributed by atoms with Gasteiger partial charge in [0.1, 0.15) is 0 Å². The molecule has 0 unspecified atom stereocenters. The molecule has 1 heterocycles. The lowest BCUT2D eigenvalue weighted by molar-refractivity contribution is 0.0600. The summed E-state index contributed by atoms with van der Waals surface area (Å²) in [6, 6.07) is 7.48. The minimum atomic E-state index is -0.301. The lowest BCUT2D eigenvalue weighted by Crippen LogP contribution is -2.41. The quantitative estimate of drug-likeness (QED) is 0.792. The average molecular weight is 261 g/mol. The Morgan fingerprint density at radius 3 is 2.84 bits per heavy atom. The Bertz CT molecular complexity index is 454. The number of nitrogens with zero attached hydrogens (tertiary/aromatic N) is 1. The molecule has 1 aromatic rings. The van der Waals surface area contributed by atoms with Gasteiger partial charge < -0.3 is 15.4 Å². The molecule has 19 heavy (non-hydrogen) atoms. The van der Waals surface area contributed by atoms with Crippen LogP contribution < -0.4 is 10.6 Å². The van der Waals surface area contributed by atoms with Gasteiger partial charge in [0.2, 0.25) is 0 Å². The Morgan fingerprint density at radius 1 is 1.42 bits per heavy atom. The molecular weight excluding hydrogens is 242 g/mol. The van der Waals surface area contributed by atoms with Crippen molar-refractivity contribution in [1.29, 1.82) is 0 Å². The first-order chi connectivity index (χ1) is 9.29. The van der Waals surface area contributed by atoms with E-state index in [-0.39, 0.29) is 5.97 Å². The summed E-state index contributed by atoms with van der Waals surface area (Å²) in [6.07, 6.45) is 1.99. The van der Waals surface area contributed by atoms with E-state index in [9.17, 15) is 4.79 Å². The molecule has 0 atom stereocenters. The number of hydrogen-bond donors (Lipinski definition) is 2. The Balaban J connectivity index is 1.79. The number of guanidine groups is 1. The van der Waals surface area contributed by atoms with Gasteiger partial charge in [-0.05, 0) is 30.5 Å². The Labute approximate surface area is 113 Å². The summed E-state index contributed by atoms with van der Waals surface area (Å²) in [7, 11) is 1.39. The molecule has 1 aliphatic heterocycles. The fourth-order valence-corrected chi connectivity index (χ4v) is 1.90. The molecule has 2 N–H and O–H groups in total. The topological polar surface area (TPSA) is 62.7 Å². The number of aliphatic imine (C=N–C) groups is 1. The monoisotopic (exact) mass is 261 g/mol. The molecular formula is C14H19N3O2. The third-order valence-corrected chi connectivity index (χ3v) is 2.98. The van der Waals surface area contributed by atoms with Crippen molar-refractivity contribution in [3.05, 3.63) is 35.4 Å². The zero-order valence-electron chi connectivity index (χ0n) is 11.1. The fourth-order valence-electron chi connectivity index (χ4n) is 1.90. The van der Waals surface area contributed by atoms with Gasteiger partial charge in [-0.3, -0.25) is 4.99 Å². The lowest BCUT2D eigenvalue weighted by atomic mass is 10.1. The highest BCUT2D eigenvalue weighted by Gasteiger charge is 2.05. The molecule has 0 saturated heterocycles. The highest BCUT2D eigenvalue weighted by atomic mass is 16.5. The van der Waals surface area contributed by atoms with Crippen LogP contribution in [0, 0.1) is 0 Å². The van der Waals surface area contributed by atoms with Crippen LogP contribution in [-0.4, -0.2) is 38.7 Å². The van der Waals surface area contributed by atoms with E-state index in [0.29, 0.717) is 5.56 Å². The number of carbonyl (C=O) groups is 1. The highest BCUT2D eigenvalue weighted by molar-refractivity contribution is 5.89. The minimum absolute atomic E-state index is 0.301. The summed E-state index contributed by atoms with van der Waals surface area (Å²) in [6.45, 7) is 2.70. The van der Waals surface area contributed by atoms with Gasteiger partial charge in [0.05, 0.1) is 12.7 Å². The van der Waals surface area contributed by atoms with Crippen LogP contribution >= 0.6 is 0 Å². The summed E-state index contributed by atoms with van der Waals surface area (Å²) in [5.41, 5.74) is 1.76. The number of hydrogen-bond acceptors (Lipinski definition) is 5. The summed E-state index contributed by atoms with van der Waals surface area (Å²) < 4.78 is 4.66. The number of rotatable bonds is 4. The van der Waals surface area contributed by atoms with Crippen molar-refractivity contribution < 1.29 is 9.53 Å². The van der Waals surface area contributed by atoms with E-state index in [0.717, 1.165) is 38.4 Å². The second-order valence-electron chi connectivity index (χ2n) is 4.38. The largest absolute Gasteiger partial charge is 0.465 e. The van der Waals surface area contributed by atoms with E-state index < -0.39 is 0 Å². The van der Waals surface area contributed by atoms with Crippen molar-refractivity contribution in [2.75, 3.05) is 26.7 Å². The predicted molar refractivity (Wildman–Crippen MR) is 74.4 cm³/mol. The molecule has 5 nitrogen and oxygen atoms in total. The van der Waals surface area contributed by atoms with Crippen molar-refractivity contribution in [2.45, 2.75) is 12.8 Å². The maximum Gasteiger partial charge on any atom is 0.337 e. The molecule has 0 bridgehead atoms. The Hall–Kier alpha value is -2.04. The second kappa shape index (κ2) is 6.78. The molecule has 1 aliphatic rings. The van der Waals surface area contributed by atoms with Gasteiger partial charge in [0.15, 0.2) is 5.96 Å². The second-order valence-corrected chi connectivity index (χ2v) is 4.38. The van der Waals surface area contributed by atoms with Crippen molar-refractivity contribution in [3.8, 4) is 0 Å². The van der Waals surface area contributed by atoms with Crippen LogP contribution in [0.25, 0.3) is 0 Å². The van der Waals surface area contributed by atoms with E-state index in [4.69, 9.17) is 0 Å². The van der Waals surface area contributed by atoms with Crippen LogP contribution in [0.5, 0.6) is 0 Å². The smallest absolute Gasteiger partial charge is 0.337 e. The third-order valence-electron chi connectivity index (χ3n) is 2.98. The first kappa shape index (κ1) is 13.4. The Kier molecular flexibility index (Phi) is 4.78. The lowest BCUT2D eigenvalue weighted by Gasteiger charge is -2.15. The molecule has 0 radical (unpaired) electrons. The van der Waals surface area contributed by atoms with Gasteiger partial charge in [-0.25, -0.2) is 4.79 Å². The molecule has 0 aromatic heterocycles.